The summed E-state index contributed by atoms with van der Waals surface area (Å²) in [5, 5.41) is 0. The number of ether oxygens (including phenoxy) is 3. The summed E-state index contributed by atoms with van der Waals surface area (Å²) in [4.78, 5) is 15.0. The Morgan fingerprint density at radius 2 is 2.05 bits per heavy atom. The summed E-state index contributed by atoms with van der Waals surface area (Å²) in [5.74, 6) is -2.07. The Morgan fingerprint density at radius 1 is 1.42 bits per heavy atom. The predicted octanol–water partition coefficient (Wildman–Crippen LogP) is 2.51. The van der Waals surface area contributed by atoms with Crippen molar-refractivity contribution in [2.75, 3.05) is 14.2 Å². The van der Waals surface area contributed by atoms with Crippen molar-refractivity contribution in [3.8, 4) is 11.6 Å². The van der Waals surface area contributed by atoms with E-state index < -0.39 is 18.2 Å². The van der Waals surface area contributed by atoms with Crippen LogP contribution in [-0.4, -0.2) is 31.5 Å². The van der Waals surface area contributed by atoms with Gasteiger partial charge in [-0.25, -0.2) is 9.78 Å². The summed E-state index contributed by atoms with van der Waals surface area (Å²) >= 11 is 5.54. The molecule has 19 heavy (non-hydrogen) atoms. The topological polar surface area (TPSA) is 57.7 Å². The van der Waals surface area contributed by atoms with Gasteiger partial charge in [0.1, 0.15) is 11.3 Å². The van der Waals surface area contributed by atoms with Crippen LogP contribution in [0.25, 0.3) is 0 Å². The first-order valence-corrected chi connectivity index (χ1v) is 5.33. The van der Waals surface area contributed by atoms with Gasteiger partial charge in [0.05, 0.1) is 25.8 Å². The highest BCUT2D eigenvalue weighted by atomic mass is 35.5. The number of halogens is 4. The minimum atomic E-state index is -4.91. The molecule has 1 heterocycles. The molecule has 0 saturated carbocycles. The Balaban J connectivity index is 3.32. The largest absolute Gasteiger partial charge is 0.574 e. The van der Waals surface area contributed by atoms with E-state index in [0.717, 1.165) is 13.2 Å². The lowest BCUT2D eigenvalue weighted by Gasteiger charge is -2.13. The maximum absolute atomic E-state index is 12.1. The van der Waals surface area contributed by atoms with E-state index in [2.05, 4.69) is 14.5 Å². The van der Waals surface area contributed by atoms with E-state index in [4.69, 9.17) is 16.3 Å². The zero-order valence-electron chi connectivity index (χ0n) is 9.88. The van der Waals surface area contributed by atoms with E-state index in [1.54, 1.807) is 0 Å². The summed E-state index contributed by atoms with van der Waals surface area (Å²) in [6.07, 6.45) is -4.91. The van der Waals surface area contributed by atoms with E-state index in [0.29, 0.717) is 0 Å². The molecule has 0 aliphatic rings. The molecule has 1 aromatic rings. The highest BCUT2D eigenvalue weighted by Gasteiger charge is 2.33. The summed E-state index contributed by atoms with van der Waals surface area (Å²) in [6, 6.07) is 0.829. The van der Waals surface area contributed by atoms with Gasteiger partial charge in [0.15, 0.2) is 0 Å². The number of carbonyl (C=O) groups excluding carboxylic acids is 1. The van der Waals surface area contributed by atoms with Gasteiger partial charge in [-0.15, -0.1) is 24.8 Å². The molecule has 1 rings (SSSR count). The van der Waals surface area contributed by atoms with Crippen molar-refractivity contribution in [1.82, 2.24) is 4.98 Å². The fourth-order valence-corrected chi connectivity index (χ4v) is 1.49. The number of hydrogen-bond donors (Lipinski definition) is 0. The number of hydrogen-bond acceptors (Lipinski definition) is 5. The van der Waals surface area contributed by atoms with Crippen LogP contribution in [0.2, 0.25) is 0 Å². The van der Waals surface area contributed by atoms with Crippen LogP contribution in [0.5, 0.6) is 11.6 Å². The second kappa shape index (κ2) is 5.96. The van der Waals surface area contributed by atoms with Crippen LogP contribution < -0.4 is 9.47 Å². The van der Waals surface area contributed by atoms with Crippen molar-refractivity contribution in [2.24, 2.45) is 0 Å². The van der Waals surface area contributed by atoms with E-state index in [1.807, 2.05) is 0 Å². The van der Waals surface area contributed by atoms with Crippen molar-refractivity contribution >= 4 is 17.6 Å². The smallest absolute Gasteiger partial charge is 0.496 e. The van der Waals surface area contributed by atoms with Gasteiger partial charge in [-0.05, 0) is 0 Å². The molecule has 0 atom stereocenters. The number of nitrogens with zero attached hydrogens (tertiary/aromatic N) is 1. The molecule has 9 heteroatoms. The third kappa shape index (κ3) is 3.88. The Labute approximate surface area is 111 Å². The number of alkyl halides is 4. The van der Waals surface area contributed by atoms with E-state index >= 15 is 0 Å². The van der Waals surface area contributed by atoms with Crippen molar-refractivity contribution in [1.29, 1.82) is 0 Å². The molecule has 0 amide bonds. The van der Waals surface area contributed by atoms with Gasteiger partial charge < -0.3 is 14.2 Å². The monoisotopic (exact) mass is 299 g/mol. The highest BCUT2D eigenvalue weighted by Crippen LogP contribution is 2.30. The zero-order chi connectivity index (χ0) is 14.6. The van der Waals surface area contributed by atoms with Gasteiger partial charge in [-0.1, -0.05) is 0 Å². The molecule has 0 aliphatic heterocycles. The van der Waals surface area contributed by atoms with Crippen molar-refractivity contribution in [3.63, 3.8) is 0 Å². The molecule has 0 aromatic carbocycles. The molecular weight excluding hydrogens is 291 g/mol. The fourth-order valence-electron chi connectivity index (χ4n) is 1.30. The first kappa shape index (κ1) is 15.4. The van der Waals surface area contributed by atoms with Gasteiger partial charge in [0.2, 0.25) is 5.88 Å². The second-order valence-corrected chi connectivity index (χ2v) is 3.42. The normalized spacial score (nSPS) is 11.1. The average molecular weight is 300 g/mol. The van der Waals surface area contributed by atoms with Crippen LogP contribution in [0, 0.1) is 0 Å². The second-order valence-electron chi connectivity index (χ2n) is 3.16. The number of esters is 1. The predicted molar refractivity (Wildman–Crippen MR) is 58.4 cm³/mol. The SMILES string of the molecule is COC(=O)c1c(OC)cc(OC(F)(F)F)nc1CCl. The first-order valence-electron chi connectivity index (χ1n) is 4.80. The summed E-state index contributed by atoms with van der Waals surface area (Å²) in [7, 11) is 2.29. The van der Waals surface area contributed by atoms with Gasteiger partial charge in [0.25, 0.3) is 0 Å². The zero-order valence-corrected chi connectivity index (χ0v) is 10.6. The van der Waals surface area contributed by atoms with Gasteiger partial charge >= 0.3 is 12.3 Å². The Bertz CT molecular complexity index is 453. The van der Waals surface area contributed by atoms with E-state index in [-0.39, 0.29) is 22.9 Å². The van der Waals surface area contributed by atoms with Crippen LogP contribution in [0.1, 0.15) is 16.1 Å². The Morgan fingerprint density at radius 3 is 2.47 bits per heavy atom. The van der Waals surface area contributed by atoms with E-state index in [9.17, 15) is 18.0 Å². The van der Waals surface area contributed by atoms with Crippen LogP contribution in [0.4, 0.5) is 13.2 Å². The number of rotatable bonds is 4. The lowest BCUT2D eigenvalue weighted by molar-refractivity contribution is -0.276. The minimum absolute atomic E-state index is 0.132. The average Bonchev–Trinajstić information content (AvgIpc) is 2.34. The molecule has 0 bridgehead atoms. The standard InChI is InChI=1S/C10H9ClF3NO4/c1-17-6-3-7(19-10(12,13)14)15-5(4-11)8(6)9(16)18-2/h3H,4H2,1-2H3. The molecule has 106 valence electrons. The number of pyridine rings is 1. The number of aromatic nitrogens is 1. The highest BCUT2D eigenvalue weighted by molar-refractivity contribution is 6.17. The molecular formula is C10H9ClF3NO4. The molecule has 0 spiro atoms. The van der Waals surface area contributed by atoms with Crippen LogP contribution >= 0.6 is 11.6 Å². The maximum Gasteiger partial charge on any atom is 0.574 e. The van der Waals surface area contributed by atoms with Crippen molar-refractivity contribution in [2.45, 2.75) is 12.2 Å². The Kier molecular flexibility index (Phi) is 4.82. The van der Waals surface area contributed by atoms with Gasteiger partial charge in [-0.3, -0.25) is 0 Å². The summed E-state index contributed by atoms with van der Waals surface area (Å²) in [6.45, 7) is 0. The molecule has 1 aromatic heterocycles. The minimum Gasteiger partial charge on any atom is -0.496 e. The molecule has 0 saturated heterocycles. The molecule has 0 radical (unpaired) electrons. The van der Waals surface area contributed by atoms with E-state index in [1.165, 1.54) is 7.11 Å². The number of methoxy groups -OCH3 is 2. The van der Waals surface area contributed by atoms with Crippen LogP contribution in [-0.2, 0) is 10.6 Å². The van der Waals surface area contributed by atoms with Gasteiger partial charge in [-0.2, -0.15) is 0 Å². The first-order chi connectivity index (χ1) is 8.82. The molecule has 0 unspecified atom stereocenters. The lowest BCUT2D eigenvalue weighted by atomic mass is 10.2. The number of carbonyl (C=O) groups is 1. The fraction of sp³-hybridized carbons (Fsp3) is 0.400. The maximum atomic E-state index is 12.1. The van der Waals surface area contributed by atoms with Gasteiger partial charge in [0, 0.05) is 6.07 Å². The Hall–Kier alpha value is -1.70. The van der Waals surface area contributed by atoms with Crippen molar-refractivity contribution in [3.05, 3.63) is 17.3 Å². The summed E-state index contributed by atoms with van der Waals surface area (Å²) < 4.78 is 49.3. The third-order valence-corrected chi connectivity index (χ3v) is 2.24. The molecule has 0 fully saturated rings. The molecule has 0 aliphatic carbocycles. The molecule has 5 nitrogen and oxygen atoms in total. The molecule has 0 N–H and O–H groups in total. The quantitative estimate of drug-likeness (QED) is 0.631. The lowest BCUT2D eigenvalue weighted by Crippen LogP contribution is -2.19. The summed E-state index contributed by atoms with van der Waals surface area (Å²) in [5.41, 5.74) is -0.276. The third-order valence-electron chi connectivity index (χ3n) is 1.99. The van der Waals surface area contributed by atoms with Crippen molar-refractivity contribution < 1.29 is 32.2 Å². The van der Waals surface area contributed by atoms with Crippen LogP contribution in [0.3, 0.4) is 0 Å². The van der Waals surface area contributed by atoms with Crippen LogP contribution in [0.15, 0.2) is 6.07 Å².